The van der Waals surface area contributed by atoms with Crippen LogP contribution in [0.1, 0.15) is 0 Å². The predicted octanol–water partition coefficient (Wildman–Crippen LogP) is 6.94. The lowest BCUT2D eigenvalue weighted by Gasteiger charge is -2.15. The molecule has 5 nitrogen and oxygen atoms in total. The van der Waals surface area contributed by atoms with Gasteiger partial charge in [-0.15, -0.1) is 0 Å². The standard InChI is InChI=1S/C22H16Br2N2O3/c1-27-19-12-18(25)21-17(22(19)29-16-8-4-14(24)5-9-16)10-11-20(26-21)28-15-6-2-13(23)3-7-15/h2-12H,25H2,1H3. The predicted molar refractivity (Wildman–Crippen MR) is 121 cm³/mol. The smallest absolute Gasteiger partial charge is 0.219 e. The maximum Gasteiger partial charge on any atom is 0.219 e. The van der Waals surface area contributed by atoms with E-state index >= 15 is 0 Å². The maximum atomic E-state index is 6.23. The number of nitrogen functional groups attached to an aromatic ring is 1. The van der Waals surface area contributed by atoms with Crippen LogP contribution in [-0.4, -0.2) is 12.1 Å². The number of nitrogens with two attached hydrogens (primary N) is 1. The molecule has 4 aromatic rings. The van der Waals surface area contributed by atoms with Crippen LogP contribution in [0.2, 0.25) is 0 Å². The minimum atomic E-state index is 0.436. The van der Waals surface area contributed by atoms with E-state index in [1.165, 1.54) is 0 Å². The number of halogens is 2. The first-order valence-electron chi connectivity index (χ1n) is 8.67. The van der Waals surface area contributed by atoms with Crippen molar-refractivity contribution >= 4 is 48.5 Å². The monoisotopic (exact) mass is 514 g/mol. The minimum Gasteiger partial charge on any atom is -0.493 e. The summed E-state index contributed by atoms with van der Waals surface area (Å²) < 4.78 is 19.4. The van der Waals surface area contributed by atoms with Crippen LogP contribution >= 0.6 is 31.9 Å². The van der Waals surface area contributed by atoms with E-state index in [9.17, 15) is 0 Å². The molecule has 2 N–H and O–H groups in total. The molecular weight excluding hydrogens is 500 g/mol. The molecule has 7 heteroatoms. The average Bonchev–Trinajstić information content (AvgIpc) is 2.73. The van der Waals surface area contributed by atoms with Crippen LogP contribution in [0.3, 0.4) is 0 Å². The largest absolute Gasteiger partial charge is 0.493 e. The number of benzene rings is 3. The van der Waals surface area contributed by atoms with Crippen LogP contribution in [-0.2, 0) is 0 Å². The van der Waals surface area contributed by atoms with Crippen LogP contribution in [0.5, 0.6) is 28.9 Å². The fourth-order valence-electron chi connectivity index (χ4n) is 2.81. The first-order chi connectivity index (χ1) is 14.0. The van der Waals surface area contributed by atoms with Crippen molar-refractivity contribution in [1.82, 2.24) is 4.98 Å². The number of anilines is 1. The molecule has 0 atom stereocenters. The highest BCUT2D eigenvalue weighted by atomic mass is 79.9. The van der Waals surface area contributed by atoms with Gasteiger partial charge in [0.25, 0.3) is 0 Å². The van der Waals surface area contributed by atoms with Crippen LogP contribution in [0, 0.1) is 0 Å². The molecule has 0 amide bonds. The zero-order valence-corrected chi connectivity index (χ0v) is 18.5. The van der Waals surface area contributed by atoms with Gasteiger partial charge in [0.2, 0.25) is 5.88 Å². The lowest BCUT2D eigenvalue weighted by Crippen LogP contribution is -1.98. The van der Waals surface area contributed by atoms with E-state index in [2.05, 4.69) is 36.8 Å². The summed E-state index contributed by atoms with van der Waals surface area (Å²) in [5.74, 6) is 2.86. The molecule has 146 valence electrons. The van der Waals surface area contributed by atoms with Crippen molar-refractivity contribution in [3.8, 4) is 28.9 Å². The van der Waals surface area contributed by atoms with Gasteiger partial charge in [0, 0.05) is 26.5 Å². The number of pyridine rings is 1. The van der Waals surface area contributed by atoms with Crippen LogP contribution in [0.25, 0.3) is 10.9 Å². The lowest BCUT2D eigenvalue weighted by molar-refractivity contribution is 0.381. The lowest BCUT2D eigenvalue weighted by atomic mass is 10.1. The fourth-order valence-corrected chi connectivity index (χ4v) is 3.34. The quantitative estimate of drug-likeness (QED) is 0.292. The van der Waals surface area contributed by atoms with Crippen molar-refractivity contribution in [1.29, 1.82) is 0 Å². The van der Waals surface area contributed by atoms with E-state index in [0.717, 1.165) is 14.3 Å². The minimum absolute atomic E-state index is 0.436. The fraction of sp³-hybridized carbons (Fsp3) is 0.0455. The van der Waals surface area contributed by atoms with Gasteiger partial charge in [-0.3, -0.25) is 0 Å². The third-order valence-electron chi connectivity index (χ3n) is 4.19. The Morgan fingerprint density at radius 2 is 1.38 bits per heavy atom. The van der Waals surface area contributed by atoms with Gasteiger partial charge in [0.1, 0.15) is 17.0 Å². The summed E-state index contributed by atoms with van der Waals surface area (Å²) in [6, 6.07) is 20.4. The molecule has 29 heavy (non-hydrogen) atoms. The van der Waals surface area contributed by atoms with Crippen molar-refractivity contribution in [3.05, 3.63) is 75.7 Å². The van der Waals surface area contributed by atoms with Crippen molar-refractivity contribution < 1.29 is 14.2 Å². The Labute approximate surface area is 184 Å². The van der Waals surface area contributed by atoms with Crippen molar-refractivity contribution in [3.63, 3.8) is 0 Å². The summed E-state index contributed by atoms with van der Waals surface area (Å²) in [7, 11) is 1.58. The molecule has 0 saturated carbocycles. The van der Waals surface area contributed by atoms with Gasteiger partial charge in [-0.05, 0) is 54.6 Å². The van der Waals surface area contributed by atoms with Crippen LogP contribution in [0.15, 0.2) is 75.7 Å². The van der Waals surface area contributed by atoms with Gasteiger partial charge in [0.15, 0.2) is 11.5 Å². The summed E-state index contributed by atoms with van der Waals surface area (Å²) in [6.07, 6.45) is 0. The number of rotatable bonds is 5. The molecule has 0 spiro atoms. The van der Waals surface area contributed by atoms with E-state index < -0.39 is 0 Å². The molecule has 0 fully saturated rings. The normalized spacial score (nSPS) is 10.7. The van der Waals surface area contributed by atoms with Gasteiger partial charge in [-0.1, -0.05) is 31.9 Å². The SMILES string of the molecule is COc1cc(N)c2nc(Oc3ccc(Br)cc3)ccc2c1Oc1ccc(Br)cc1. The Hall–Kier alpha value is -2.77. The second kappa shape index (κ2) is 8.31. The first-order valence-corrected chi connectivity index (χ1v) is 10.3. The zero-order chi connectivity index (χ0) is 20.4. The Bertz CT molecular complexity index is 1160. The highest BCUT2D eigenvalue weighted by Crippen LogP contribution is 2.42. The highest BCUT2D eigenvalue weighted by Gasteiger charge is 2.16. The Morgan fingerprint density at radius 1 is 0.793 bits per heavy atom. The van der Waals surface area contributed by atoms with E-state index in [-0.39, 0.29) is 0 Å². The molecular formula is C22H16Br2N2O3. The number of aromatic nitrogens is 1. The second-order valence-corrected chi connectivity index (χ2v) is 7.99. The number of fused-ring (bicyclic) bond motifs is 1. The number of ether oxygens (including phenoxy) is 3. The summed E-state index contributed by atoms with van der Waals surface area (Å²) in [5.41, 5.74) is 7.28. The third kappa shape index (κ3) is 4.31. The van der Waals surface area contributed by atoms with Crippen molar-refractivity contribution in [2.24, 2.45) is 0 Å². The molecule has 0 radical (unpaired) electrons. The number of methoxy groups -OCH3 is 1. The van der Waals surface area contributed by atoms with Crippen LogP contribution < -0.4 is 19.9 Å². The van der Waals surface area contributed by atoms with Crippen molar-refractivity contribution in [2.75, 3.05) is 12.8 Å². The summed E-state index contributed by atoms with van der Waals surface area (Å²) in [4.78, 5) is 4.58. The maximum absolute atomic E-state index is 6.23. The second-order valence-electron chi connectivity index (χ2n) is 6.15. The van der Waals surface area contributed by atoms with Gasteiger partial charge in [-0.25, -0.2) is 4.98 Å². The third-order valence-corrected chi connectivity index (χ3v) is 5.24. The zero-order valence-electron chi connectivity index (χ0n) is 15.4. The van der Waals surface area contributed by atoms with E-state index in [1.54, 1.807) is 19.2 Å². The molecule has 0 aliphatic carbocycles. The van der Waals surface area contributed by atoms with E-state index in [4.69, 9.17) is 19.9 Å². The first kappa shape index (κ1) is 19.5. The topological polar surface area (TPSA) is 66.6 Å². The number of hydrogen-bond donors (Lipinski definition) is 1. The molecule has 0 aliphatic rings. The van der Waals surface area contributed by atoms with E-state index in [0.29, 0.717) is 40.1 Å². The molecule has 0 unspecified atom stereocenters. The van der Waals surface area contributed by atoms with E-state index in [1.807, 2.05) is 54.6 Å². The molecule has 3 aromatic carbocycles. The molecule has 0 bridgehead atoms. The van der Waals surface area contributed by atoms with Gasteiger partial charge in [0.05, 0.1) is 12.8 Å². The molecule has 1 heterocycles. The molecule has 0 aliphatic heterocycles. The Kier molecular flexibility index (Phi) is 5.60. The highest BCUT2D eigenvalue weighted by molar-refractivity contribution is 9.10. The van der Waals surface area contributed by atoms with Gasteiger partial charge >= 0.3 is 0 Å². The number of hydrogen-bond acceptors (Lipinski definition) is 5. The molecule has 1 aromatic heterocycles. The van der Waals surface area contributed by atoms with Crippen LogP contribution in [0.4, 0.5) is 5.69 Å². The van der Waals surface area contributed by atoms with Gasteiger partial charge in [-0.2, -0.15) is 0 Å². The Morgan fingerprint density at radius 3 is 1.97 bits per heavy atom. The average molecular weight is 516 g/mol. The van der Waals surface area contributed by atoms with Gasteiger partial charge < -0.3 is 19.9 Å². The van der Waals surface area contributed by atoms with Crippen molar-refractivity contribution in [2.45, 2.75) is 0 Å². The molecule has 0 saturated heterocycles. The summed E-state index contributed by atoms with van der Waals surface area (Å²) in [5, 5.41) is 0.730. The summed E-state index contributed by atoms with van der Waals surface area (Å²) >= 11 is 6.83. The number of nitrogens with zero attached hydrogens (tertiary/aromatic N) is 1. The Balaban J connectivity index is 1.75. The molecule has 4 rings (SSSR count). The summed E-state index contributed by atoms with van der Waals surface area (Å²) in [6.45, 7) is 0.